The number of fused-ring (bicyclic) bond motifs is 1. The number of nitrogens with one attached hydrogen (secondary N) is 1. The Morgan fingerprint density at radius 1 is 1.29 bits per heavy atom. The smallest absolute Gasteiger partial charge is 0.251 e. The zero-order chi connectivity index (χ0) is 16.9. The maximum Gasteiger partial charge on any atom is 0.251 e. The molecule has 3 rings (SSSR count). The molecule has 0 spiro atoms. The van der Waals surface area contributed by atoms with Gasteiger partial charge in [-0.2, -0.15) is 0 Å². The minimum absolute atomic E-state index is 0.00477. The first kappa shape index (κ1) is 16.3. The summed E-state index contributed by atoms with van der Waals surface area (Å²) in [5.74, 6) is 1.51. The zero-order valence-electron chi connectivity index (χ0n) is 14.0. The molecule has 126 valence electrons. The van der Waals surface area contributed by atoms with E-state index in [1.54, 1.807) is 12.3 Å². The maximum atomic E-state index is 12.1. The molecule has 24 heavy (non-hydrogen) atoms. The van der Waals surface area contributed by atoms with Crippen LogP contribution in [-0.2, 0) is 6.42 Å². The van der Waals surface area contributed by atoms with Crippen molar-refractivity contribution < 1.29 is 14.3 Å². The third kappa shape index (κ3) is 4.04. The van der Waals surface area contributed by atoms with E-state index in [1.807, 2.05) is 44.2 Å². The molecule has 1 amide bonds. The van der Waals surface area contributed by atoms with Crippen LogP contribution < -0.4 is 14.8 Å². The Hall–Kier alpha value is -2.56. The van der Waals surface area contributed by atoms with E-state index in [-0.39, 0.29) is 18.1 Å². The lowest BCUT2D eigenvalue weighted by molar-refractivity contribution is 0.0849. The SMILES string of the molecule is CC(C)NC(=O)c1ccnc(CCC2COc3ccccc3O2)c1. The first-order valence-corrected chi connectivity index (χ1v) is 8.26. The molecular weight excluding hydrogens is 304 g/mol. The van der Waals surface area contributed by atoms with Gasteiger partial charge in [-0.3, -0.25) is 9.78 Å². The normalized spacial score (nSPS) is 16.0. The van der Waals surface area contributed by atoms with Crippen molar-refractivity contribution >= 4 is 5.91 Å². The second-order valence-corrected chi connectivity index (χ2v) is 6.20. The highest BCUT2D eigenvalue weighted by molar-refractivity contribution is 5.94. The third-order valence-corrected chi connectivity index (χ3v) is 3.79. The number of carbonyl (C=O) groups excluding carboxylic acids is 1. The monoisotopic (exact) mass is 326 g/mol. The number of pyridine rings is 1. The fourth-order valence-corrected chi connectivity index (χ4v) is 2.62. The quantitative estimate of drug-likeness (QED) is 0.917. The predicted molar refractivity (Wildman–Crippen MR) is 91.5 cm³/mol. The van der Waals surface area contributed by atoms with Crippen LogP contribution in [0.2, 0.25) is 0 Å². The minimum Gasteiger partial charge on any atom is -0.486 e. The zero-order valence-corrected chi connectivity index (χ0v) is 14.0. The largest absolute Gasteiger partial charge is 0.486 e. The number of amides is 1. The third-order valence-electron chi connectivity index (χ3n) is 3.79. The fraction of sp³-hybridized carbons (Fsp3) is 0.368. The Kier molecular flexibility index (Phi) is 4.99. The number of carbonyl (C=O) groups is 1. The molecule has 2 heterocycles. The second kappa shape index (κ2) is 7.34. The molecule has 0 saturated carbocycles. The summed E-state index contributed by atoms with van der Waals surface area (Å²) < 4.78 is 11.7. The molecule has 2 aromatic rings. The van der Waals surface area contributed by atoms with Crippen molar-refractivity contribution in [2.24, 2.45) is 0 Å². The van der Waals surface area contributed by atoms with Gasteiger partial charge in [0, 0.05) is 23.5 Å². The van der Waals surface area contributed by atoms with Gasteiger partial charge in [-0.15, -0.1) is 0 Å². The number of hydrogen-bond acceptors (Lipinski definition) is 4. The van der Waals surface area contributed by atoms with Gasteiger partial charge in [-0.1, -0.05) is 12.1 Å². The molecule has 1 aliphatic rings. The molecule has 0 radical (unpaired) electrons. The number of ether oxygens (including phenoxy) is 2. The number of para-hydroxylation sites is 2. The number of benzene rings is 1. The Morgan fingerprint density at radius 3 is 2.88 bits per heavy atom. The Morgan fingerprint density at radius 2 is 2.08 bits per heavy atom. The molecule has 5 heteroatoms. The van der Waals surface area contributed by atoms with Crippen molar-refractivity contribution in [3.63, 3.8) is 0 Å². The van der Waals surface area contributed by atoms with Crippen molar-refractivity contribution in [2.45, 2.75) is 38.8 Å². The predicted octanol–water partition coefficient (Wildman–Crippen LogP) is 2.99. The summed E-state index contributed by atoms with van der Waals surface area (Å²) in [6, 6.07) is 11.4. The van der Waals surface area contributed by atoms with Gasteiger partial charge < -0.3 is 14.8 Å². The van der Waals surface area contributed by atoms with Crippen molar-refractivity contribution in [1.82, 2.24) is 10.3 Å². The lowest BCUT2D eigenvalue weighted by Gasteiger charge is -2.26. The summed E-state index contributed by atoms with van der Waals surface area (Å²) in [4.78, 5) is 16.4. The van der Waals surface area contributed by atoms with E-state index >= 15 is 0 Å². The van der Waals surface area contributed by atoms with E-state index in [1.165, 1.54) is 0 Å². The molecule has 0 bridgehead atoms. The summed E-state index contributed by atoms with van der Waals surface area (Å²) in [7, 11) is 0. The average Bonchev–Trinajstić information content (AvgIpc) is 2.59. The summed E-state index contributed by atoms with van der Waals surface area (Å²) in [5.41, 5.74) is 1.52. The van der Waals surface area contributed by atoms with Crippen molar-refractivity contribution in [3.8, 4) is 11.5 Å². The van der Waals surface area contributed by atoms with Crippen LogP contribution >= 0.6 is 0 Å². The topological polar surface area (TPSA) is 60.5 Å². The van der Waals surface area contributed by atoms with E-state index in [9.17, 15) is 4.79 Å². The molecule has 1 aliphatic heterocycles. The van der Waals surface area contributed by atoms with E-state index in [0.29, 0.717) is 12.2 Å². The maximum absolute atomic E-state index is 12.1. The Balaban J connectivity index is 1.58. The van der Waals surface area contributed by atoms with Crippen LogP contribution in [0.5, 0.6) is 11.5 Å². The highest BCUT2D eigenvalue weighted by Gasteiger charge is 2.20. The highest BCUT2D eigenvalue weighted by Crippen LogP contribution is 2.31. The van der Waals surface area contributed by atoms with Crippen LogP contribution in [0.4, 0.5) is 0 Å². The molecule has 1 aromatic carbocycles. The summed E-state index contributed by atoms with van der Waals surface area (Å²) in [6.45, 7) is 4.42. The van der Waals surface area contributed by atoms with Crippen molar-refractivity contribution in [2.75, 3.05) is 6.61 Å². The molecule has 0 aliphatic carbocycles. The van der Waals surface area contributed by atoms with E-state index < -0.39 is 0 Å². The first-order valence-electron chi connectivity index (χ1n) is 8.26. The van der Waals surface area contributed by atoms with E-state index in [0.717, 1.165) is 30.0 Å². The number of hydrogen-bond donors (Lipinski definition) is 1. The molecule has 1 atom stereocenters. The van der Waals surface area contributed by atoms with Crippen LogP contribution in [0.25, 0.3) is 0 Å². The van der Waals surface area contributed by atoms with Crippen LogP contribution in [0.15, 0.2) is 42.6 Å². The van der Waals surface area contributed by atoms with Gasteiger partial charge in [0.2, 0.25) is 0 Å². The molecular formula is C19H22N2O3. The van der Waals surface area contributed by atoms with Gasteiger partial charge >= 0.3 is 0 Å². The number of aryl methyl sites for hydroxylation is 1. The van der Waals surface area contributed by atoms with Crippen LogP contribution in [0.1, 0.15) is 36.3 Å². The lowest BCUT2D eigenvalue weighted by atomic mass is 10.1. The molecule has 5 nitrogen and oxygen atoms in total. The second-order valence-electron chi connectivity index (χ2n) is 6.20. The summed E-state index contributed by atoms with van der Waals surface area (Å²) >= 11 is 0. The highest BCUT2D eigenvalue weighted by atomic mass is 16.6. The molecule has 1 unspecified atom stereocenters. The van der Waals surface area contributed by atoms with Gasteiger partial charge in [-0.05, 0) is 51.0 Å². The summed E-state index contributed by atoms with van der Waals surface area (Å²) in [5, 5.41) is 2.89. The molecule has 0 saturated heterocycles. The van der Waals surface area contributed by atoms with Crippen LogP contribution in [0, 0.1) is 0 Å². The number of rotatable bonds is 5. The Labute approximate surface area is 142 Å². The van der Waals surface area contributed by atoms with Crippen LogP contribution in [0.3, 0.4) is 0 Å². The first-order chi connectivity index (χ1) is 11.6. The van der Waals surface area contributed by atoms with Crippen molar-refractivity contribution in [1.29, 1.82) is 0 Å². The van der Waals surface area contributed by atoms with E-state index in [4.69, 9.17) is 9.47 Å². The molecule has 0 fully saturated rings. The van der Waals surface area contributed by atoms with Gasteiger partial charge in [0.25, 0.3) is 5.91 Å². The number of nitrogens with zero attached hydrogens (tertiary/aromatic N) is 1. The van der Waals surface area contributed by atoms with Crippen molar-refractivity contribution in [3.05, 3.63) is 53.9 Å². The molecule has 1 N–H and O–H groups in total. The van der Waals surface area contributed by atoms with Gasteiger partial charge in [0.15, 0.2) is 11.5 Å². The fourth-order valence-electron chi connectivity index (χ4n) is 2.62. The van der Waals surface area contributed by atoms with Crippen LogP contribution in [-0.4, -0.2) is 29.6 Å². The summed E-state index contributed by atoms with van der Waals surface area (Å²) in [6.07, 6.45) is 3.20. The minimum atomic E-state index is -0.0696. The number of aromatic nitrogens is 1. The van der Waals surface area contributed by atoms with Gasteiger partial charge in [0.1, 0.15) is 12.7 Å². The standard InChI is InChI=1S/C19H22N2O3/c1-13(2)21-19(22)14-9-10-20-15(11-14)7-8-16-12-23-17-5-3-4-6-18(17)24-16/h3-6,9-11,13,16H,7-8,12H2,1-2H3,(H,21,22). The van der Waals surface area contributed by atoms with Gasteiger partial charge in [-0.25, -0.2) is 0 Å². The molecule has 1 aromatic heterocycles. The Bertz CT molecular complexity index is 715. The van der Waals surface area contributed by atoms with E-state index in [2.05, 4.69) is 10.3 Å². The van der Waals surface area contributed by atoms with Gasteiger partial charge in [0.05, 0.1) is 0 Å². The lowest BCUT2D eigenvalue weighted by Crippen LogP contribution is -2.30. The average molecular weight is 326 g/mol.